The van der Waals surface area contributed by atoms with E-state index >= 15 is 0 Å². The molecule has 0 radical (unpaired) electrons. The molecule has 1 aliphatic heterocycles. The third-order valence-electron chi connectivity index (χ3n) is 3.73. The first-order valence-electron chi connectivity index (χ1n) is 6.89. The molecule has 4 nitrogen and oxygen atoms in total. The summed E-state index contributed by atoms with van der Waals surface area (Å²) in [7, 11) is 3.31. The Morgan fingerprint density at radius 2 is 1.90 bits per heavy atom. The van der Waals surface area contributed by atoms with Crippen molar-refractivity contribution in [2.24, 2.45) is 5.73 Å². The van der Waals surface area contributed by atoms with E-state index in [2.05, 4.69) is 0 Å². The molecule has 3 atom stereocenters. The van der Waals surface area contributed by atoms with Gasteiger partial charge >= 0.3 is 0 Å². The molecule has 1 saturated heterocycles. The predicted octanol–water partition coefficient (Wildman–Crippen LogP) is 1.57. The van der Waals surface area contributed by atoms with E-state index in [1.807, 2.05) is 24.0 Å². The molecule has 0 aliphatic carbocycles. The van der Waals surface area contributed by atoms with E-state index in [-0.39, 0.29) is 24.1 Å². The van der Waals surface area contributed by atoms with E-state index < -0.39 is 0 Å². The Kier molecular flexibility index (Phi) is 4.96. The lowest BCUT2D eigenvalue weighted by atomic mass is 10.1. The highest BCUT2D eigenvalue weighted by molar-refractivity contribution is 5.50. The maximum atomic E-state index is 14.3. The number of hydrogen-bond acceptors (Lipinski definition) is 4. The first kappa shape index (κ1) is 15.2. The molecule has 0 spiro atoms. The van der Waals surface area contributed by atoms with E-state index in [0.29, 0.717) is 25.2 Å². The Morgan fingerprint density at radius 1 is 1.30 bits per heavy atom. The number of rotatable bonds is 5. The molecular formula is C15H23FN2O2. The number of methoxy groups -OCH3 is 2. The topological polar surface area (TPSA) is 47.7 Å². The lowest BCUT2D eigenvalue weighted by Crippen LogP contribution is -2.27. The normalized spacial score (nSPS) is 24.1. The third-order valence-corrected chi connectivity index (χ3v) is 3.73. The standard InChI is InChI=1S/C15H23FN2O2/c1-10(17)6-11-4-5-13(12(16)7-11)18-8-14(19-2)15(9-18)20-3/h4-5,7,10,14-15H,6,8-9,17H2,1-3H3. The molecule has 0 saturated carbocycles. The van der Waals surface area contributed by atoms with Crippen LogP contribution in [-0.2, 0) is 15.9 Å². The average Bonchev–Trinajstić information content (AvgIpc) is 2.81. The van der Waals surface area contributed by atoms with Gasteiger partial charge in [0.05, 0.1) is 5.69 Å². The van der Waals surface area contributed by atoms with Crippen molar-refractivity contribution in [3.05, 3.63) is 29.6 Å². The van der Waals surface area contributed by atoms with Crippen molar-refractivity contribution in [3.8, 4) is 0 Å². The second kappa shape index (κ2) is 6.52. The smallest absolute Gasteiger partial charge is 0.146 e. The minimum absolute atomic E-state index is 0.0249. The Hall–Kier alpha value is -1.17. The van der Waals surface area contributed by atoms with Crippen LogP contribution in [0.2, 0.25) is 0 Å². The summed E-state index contributed by atoms with van der Waals surface area (Å²) in [4.78, 5) is 1.97. The number of ether oxygens (including phenoxy) is 2. The monoisotopic (exact) mass is 282 g/mol. The average molecular weight is 282 g/mol. The zero-order chi connectivity index (χ0) is 14.7. The first-order chi connectivity index (χ1) is 9.55. The van der Waals surface area contributed by atoms with Crippen LogP contribution in [0.4, 0.5) is 10.1 Å². The van der Waals surface area contributed by atoms with Gasteiger partial charge in [0.25, 0.3) is 0 Å². The van der Waals surface area contributed by atoms with Crippen molar-refractivity contribution in [1.29, 1.82) is 0 Å². The highest BCUT2D eigenvalue weighted by Crippen LogP contribution is 2.27. The molecule has 2 N–H and O–H groups in total. The lowest BCUT2D eigenvalue weighted by molar-refractivity contribution is -0.00461. The van der Waals surface area contributed by atoms with Gasteiger partial charge in [0.15, 0.2) is 0 Å². The van der Waals surface area contributed by atoms with Crippen LogP contribution in [-0.4, -0.2) is 45.6 Å². The molecule has 3 unspecified atom stereocenters. The second-order valence-electron chi connectivity index (χ2n) is 5.42. The molecular weight excluding hydrogens is 259 g/mol. The molecule has 5 heteroatoms. The molecule has 0 bridgehead atoms. The highest BCUT2D eigenvalue weighted by atomic mass is 19.1. The Morgan fingerprint density at radius 3 is 2.35 bits per heavy atom. The van der Waals surface area contributed by atoms with Crippen LogP contribution >= 0.6 is 0 Å². The summed E-state index contributed by atoms with van der Waals surface area (Å²) in [6.45, 7) is 3.19. The minimum Gasteiger partial charge on any atom is -0.377 e. The lowest BCUT2D eigenvalue weighted by Gasteiger charge is -2.19. The van der Waals surface area contributed by atoms with Crippen molar-refractivity contribution in [2.75, 3.05) is 32.2 Å². The second-order valence-corrected chi connectivity index (χ2v) is 5.42. The van der Waals surface area contributed by atoms with Crippen molar-refractivity contribution in [3.63, 3.8) is 0 Å². The molecule has 0 aromatic heterocycles. The van der Waals surface area contributed by atoms with Crippen LogP contribution in [0.1, 0.15) is 12.5 Å². The van der Waals surface area contributed by atoms with Gasteiger partial charge in [-0.25, -0.2) is 4.39 Å². The van der Waals surface area contributed by atoms with Crippen molar-refractivity contribution in [2.45, 2.75) is 31.6 Å². The Bertz CT molecular complexity index is 441. The van der Waals surface area contributed by atoms with E-state index in [1.54, 1.807) is 20.3 Å². The number of nitrogens with zero attached hydrogens (tertiary/aromatic N) is 1. The summed E-state index contributed by atoms with van der Waals surface area (Å²) in [5.74, 6) is -0.213. The maximum Gasteiger partial charge on any atom is 0.146 e. The summed E-state index contributed by atoms with van der Waals surface area (Å²) in [5, 5.41) is 0. The molecule has 2 rings (SSSR count). The fourth-order valence-corrected chi connectivity index (χ4v) is 2.70. The minimum atomic E-state index is -0.213. The predicted molar refractivity (Wildman–Crippen MR) is 77.6 cm³/mol. The molecule has 0 amide bonds. The van der Waals surface area contributed by atoms with Crippen LogP contribution in [0.15, 0.2) is 18.2 Å². The van der Waals surface area contributed by atoms with Crippen LogP contribution in [0.5, 0.6) is 0 Å². The van der Waals surface area contributed by atoms with Crippen molar-refractivity contribution >= 4 is 5.69 Å². The van der Waals surface area contributed by atoms with Gasteiger partial charge in [0, 0.05) is 33.4 Å². The van der Waals surface area contributed by atoms with Crippen molar-refractivity contribution < 1.29 is 13.9 Å². The fourth-order valence-electron chi connectivity index (χ4n) is 2.70. The van der Waals surface area contributed by atoms with Gasteiger partial charge in [0.1, 0.15) is 18.0 Å². The fraction of sp³-hybridized carbons (Fsp3) is 0.600. The van der Waals surface area contributed by atoms with E-state index in [4.69, 9.17) is 15.2 Å². The Balaban J connectivity index is 2.13. The molecule has 20 heavy (non-hydrogen) atoms. The maximum absolute atomic E-state index is 14.3. The largest absolute Gasteiger partial charge is 0.377 e. The summed E-state index contributed by atoms with van der Waals surface area (Å²) in [6.07, 6.45) is 0.629. The number of benzene rings is 1. The number of halogens is 1. The zero-order valence-electron chi connectivity index (χ0n) is 12.3. The molecule has 1 heterocycles. The quantitative estimate of drug-likeness (QED) is 0.890. The molecule has 1 aromatic carbocycles. The van der Waals surface area contributed by atoms with E-state index in [9.17, 15) is 4.39 Å². The van der Waals surface area contributed by atoms with Gasteiger partial charge in [-0.3, -0.25) is 0 Å². The van der Waals surface area contributed by atoms with E-state index in [1.165, 1.54) is 0 Å². The molecule has 1 aliphatic rings. The van der Waals surface area contributed by atoms with Gasteiger partial charge in [0.2, 0.25) is 0 Å². The highest BCUT2D eigenvalue weighted by Gasteiger charge is 2.34. The number of anilines is 1. The summed E-state index contributed by atoms with van der Waals surface area (Å²) >= 11 is 0. The summed E-state index contributed by atoms with van der Waals surface area (Å²) in [6, 6.07) is 5.35. The number of nitrogens with two attached hydrogens (primary N) is 1. The van der Waals surface area contributed by atoms with Crippen LogP contribution in [0.25, 0.3) is 0 Å². The van der Waals surface area contributed by atoms with Crippen molar-refractivity contribution in [1.82, 2.24) is 0 Å². The van der Waals surface area contributed by atoms with Gasteiger partial charge < -0.3 is 20.1 Å². The van der Waals surface area contributed by atoms with E-state index in [0.717, 1.165) is 5.56 Å². The van der Waals surface area contributed by atoms with Gasteiger partial charge in [-0.2, -0.15) is 0 Å². The molecule has 112 valence electrons. The Labute approximate surface area is 119 Å². The first-order valence-corrected chi connectivity index (χ1v) is 6.89. The zero-order valence-corrected chi connectivity index (χ0v) is 12.3. The summed E-state index contributed by atoms with van der Waals surface area (Å²) < 4.78 is 25.0. The number of hydrogen-bond donors (Lipinski definition) is 1. The molecule has 1 fully saturated rings. The van der Waals surface area contributed by atoms with Gasteiger partial charge in [-0.15, -0.1) is 0 Å². The summed E-state index contributed by atoms with van der Waals surface area (Å²) in [5.41, 5.74) is 7.26. The van der Waals surface area contributed by atoms with Crippen LogP contribution < -0.4 is 10.6 Å². The van der Waals surface area contributed by atoms with Crippen LogP contribution in [0, 0.1) is 5.82 Å². The molecule has 1 aromatic rings. The van der Waals surface area contributed by atoms with Crippen LogP contribution in [0.3, 0.4) is 0 Å². The third kappa shape index (κ3) is 3.29. The van der Waals surface area contributed by atoms with Gasteiger partial charge in [-0.1, -0.05) is 6.07 Å². The van der Waals surface area contributed by atoms with Gasteiger partial charge in [-0.05, 0) is 31.0 Å². The SMILES string of the molecule is COC1CN(c2ccc(CC(C)N)cc2F)CC1OC.